The first-order valence-electron chi connectivity index (χ1n) is 29.3. The first-order valence-corrected chi connectivity index (χ1v) is 29.3. The molecule has 0 spiro atoms. The van der Waals surface area contributed by atoms with Gasteiger partial charge in [-0.2, -0.15) is 0 Å². The summed E-state index contributed by atoms with van der Waals surface area (Å²) in [7, 11) is 19.6. The molecule has 0 unspecified atom stereocenters. The summed E-state index contributed by atoms with van der Waals surface area (Å²) in [4.78, 5) is 0. The van der Waals surface area contributed by atoms with Gasteiger partial charge in [-0.25, -0.2) is 0 Å². The molecule has 0 N–H and O–H groups in total. The highest BCUT2D eigenvalue weighted by atomic mass is 127. The lowest BCUT2D eigenvalue weighted by Crippen LogP contribution is -3.00. The molecule has 6 aromatic rings. The van der Waals surface area contributed by atoms with Gasteiger partial charge in [-0.05, 0) is 0 Å². The summed E-state index contributed by atoms with van der Waals surface area (Å²) in [5.74, 6) is 0. The number of hydrogen-bond acceptors (Lipinski definition) is 0. The van der Waals surface area contributed by atoms with Crippen molar-refractivity contribution in [3.63, 3.8) is 0 Å². The van der Waals surface area contributed by atoms with Crippen LogP contribution in [-0.4, -0.2) is 197 Å². The van der Waals surface area contributed by atoms with Crippen LogP contribution in [0, 0.1) is 0 Å². The molecule has 0 aromatic heterocycles. The lowest BCUT2D eigenvalue weighted by Gasteiger charge is -2.46. The molecule has 436 valence electrons. The largest absolute Gasteiger partial charge is 1.00 e. The molecule has 0 aliphatic carbocycles. The molecular weight excluding hydrogens is 1440 g/mol. The van der Waals surface area contributed by atoms with E-state index in [9.17, 15) is 0 Å². The predicted molar refractivity (Wildman–Crippen MR) is 316 cm³/mol. The topological polar surface area (TPSA) is 0 Å². The number of hydrogen-bond donors (Lipinski definition) is 0. The molecule has 4 fully saturated rings. The second kappa shape index (κ2) is 29.8. The van der Waals surface area contributed by atoms with Gasteiger partial charge in [0.15, 0.2) is 0 Å². The van der Waals surface area contributed by atoms with E-state index >= 15 is 0 Å². The summed E-state index contributed by atoms with van der Waals surface area (Å²) in [5, 5.41) is 0. The molecule has 80 heavy (non-hydrogen) atoms. The molecule has 0 bridgehead atoms. The van der Waals surface area contributed by atoms with Crippen LogP contribution < -0.4 is 95.9 Å². The third kappa shape index (κ3) is 20.0. The highest BCUT2D eigenvalue weighted by molar-refractivity contribution is 5.23. The van der Waals surface area contributed by atoms with Crippen molar-refractivity contribution in [1.82, 2.24) is 0 Å². The van der Waals surface area contributed by atoms with Gasteiger partial charge >= 0.3 is 0 Å². The maximum atomic E-state index is 2.46. The quantitative estimate of drug-likeness (QED) is 0.0766. The van der Waals surface area contributed by atoms with Gasteiger partial charge in [0.25, 0.3) is 0 Å². The average Bonchev–Trinajstić information content (AvgIpc) is 3.41. The fourth-order valence-corrected chi connectivity index (χ4v) is 13.4. The number of quaternary nitrogens is 8. The van der Waals surface area contributed by atoms with Gasteiger partial charge < -0.3 is 132 Å². The zero-order chi connectivity index (χ0) is 53.4. The van der Waals surface area contributed by atoms with Crippen LogP contribution in [0.2, 0.25) is 0 Å². The lowest BCUT2D eigenvalue weighted by atomic mass is 10.1. The highest BCUT2D eigenvalue weighted by Gasteiger charge is 2.41. The van der Waals surface area contributed by atoms with E-state index in [4.69, 9.17) is 0 Å². The van der Waals surface area contributed by atoms with Crippen molar-refractivity contribution < 1.29 is 132 Å². The van der Waals surface area contributed by atoms with Crippen molar-refractivity contribution in [2.75, 3.05) is 161 Å². The monoisotopic (exact) mass is 1540 g/mol. The SMILES string of the molecule is C[N+]1(Cc2ccccc2)CC[N+](C)(Cc2ccc(C[N+]3(C)CC[N+](C)(Cc4ccccc4)CC3)cc2)CC1.C[N+]1(Cc2ccccc2)CC[N+](C)(Cc2ccc(C[N+]3(C)CC[N+](C)(Cc4ccccc4)CC3)cc2)CC1.[I-].[I-].[I-].[I-]. The molecule has 12 heteroatoms. The Morgan fingerprint density at radius 3 is 0.388 bits per heavy atom. The Labute approximate surface area is 554 Å². The minimum Gasteiger partial charge on any atom is -1.00 e. The van der Waals surface area contributed by atoms with Crippen LogP contribution in [0.25, 0.3) is 0 Å². The molecule has 4 aliphatic heterocycles. The number of rotatable bonds is 16. The van der Waals surface area contributed by atoms with Crippen molar-refractivity contribution in [2.24, 2.45) is 0 Å². The number of piperazine rings is 4. The Bertz CT molecular complexity index is 2340. The summed E-state index contributed by atoms with van der Waals surface area (Å²) in [6.07, 6.45) is 0. The molecule has 0 amide bonds. The molecule has 4 aliphatic rings. The third-order valence-electron chi connectivity index (χ3n) is 19.4. The van der Waals surface area contributed by atoms with Crippen molar-refractivity contribution in [3.8, 4) is 0 Å². The van der Waals surface area contributed by atoms with Gasteiger partial charge in [0, 0.05) is 44.5 Å². The number of nitrogens with zero attached hydrogens (tertiary/aromatic N) is 8. The number of benzene rings is 6. The second-order valence-corrected chi connectivity index (χ2v) is 27.4. The molecule has 10 rings (SSSR count). The first kappa shape index (κ1) is 68.7. The van der Waals surface area contributed by atoms with E-state index in [1.165, 1.54) is 149 Å². The summed E-state index contributed by atoms with van der Waals surface area (Å²) in [5.41, 5.74) is 11.8. The summed E-state index contributed by atoms with van der Waals surface area (Å²) >= 11 is 0. The Morgan fingerprint density at radius 2 is 0.275 bits per heavy atom. The molecule has 8 nitrogen and oxygen atoms in total. The fraction of sp³-hybridized carbons (Fsp3) is 0.471. The van der Waals surface area contributed by atoms with Crippen LogP contribution in [0.4, 0.5) is 0 Å². The van der Waals surface area contributed by atoms with E-state index in [0.29, 0.717) is 0 Å². The van der Waals surface area contributed by atoms with Crippen LogP contribution in [0.5, 0.6) is 0 Å². The van der Waals surface area contributed by atoms with E-state index < -0.39 is 0 Å². The molecule has 6 aromatic carbocycles. The molecule has 4 heterocycles. The van der Waals surface area contributed by atoms with Crippen molar-refractivity contribution in [2.45, 2.75) is 52.4 Å². The van der Waals surface area contributed by atoms with Gasteiger partial charge in [-0.1, -0.05) is 170 Å². The molecule has 4 saturated heterocycles. The van der Waals surface area contributed by atoms with Gasteiger partial charge in [-0.3, -0.25) is 0 Å². The van der Waals surface area contributed by atoms with Crippen LogP contribution >= 0.6 is 0 Å². The molecule has 0 saturated carbocycles. The van der Waals surface area contributed by atoms with Crippen molar-refractivity contribution >= 4 is 0 Å². The standard InChI is InChI=1S/2C34H50N4.4HI/c2*1-35(27-31-11-7-5-8-12-31)19-23-37(3,24-20-35)29-33-15-17-34(18-16-33)30-38(4)25-21-36(2,22-26-38)28-32-13-9-6-10-14-32;;;;/h2*5-18H,19-30H2,1-4H3;4*1H/q2*+4;;;;/p-4. The number of likely N-dealkylation sites (N-methyl/N-ethyl adjacent to an activating group) is 8. The van der Waals surface area contributed by atoms with E-state index in [2.05, 4.69) is 226 Å². The van der Waals surface area contributed by atoms with E-state index in [1.54, 1.807) is 0 Å². The zero-order valence-electron chi connectivity index (χ0n) is 50.2. The Morgan fingerprint density at radius 1 is 0.175 bits per heavy atom. The Hall–Kier alpha value is -2.08. The molecule has 0 atom stereocenters. The van der Waals surface area contributed by atoms with Gasteiger partial charge in [0.05, 0.1) is 56.4 Å². The van der Waals surface area contributed by atoms with Crippen LogP contribution in [0.15, 0.2) is 170 Å². The van der Waals surface area contributed by atoms with Crippen LogP contribution in [-0.2, 0) is 52.4 Å². The maximum absolute atomic E-state index is 2.46. The third-order valence-corrected chi connectivity index (χ3v) is 19.4. The van der Waals surface area contributed by atoms with Crippen LogP contribution in [0.1, 0.15) is 44.5 Å². The average molecular weight is 1540 g/mol. The summed E-state index contributed by atoms with van der Waals surface area (Å²) < 4.78 is 9.29. The highest BCUT2D eigenvalue weighted by Crippen LogP contribution is 2.28. The maximum Gasteiger partial charge on any atom is 0.129 e. The normalized spacial score (nSPS) is 30.1. The fourth-order valence-electron chi connectivity index (χ4n) is 13.4. The number of halogens is 4. The van der Waals surface area contributed by atoms with Crippen molar-refractivity contribution in [3.05, 3.63) is 214 Å². The van der Waals surface area contributed by atoms with Crippen molar-refractivity contribution in [1.29, 1.82) is 0 Å². The second-order valence-electron chi connectivity index (χ2n) is 27.4. The lowest BCUT2D eigenvalue weighted by molar-refractivity contribution is -1.03. The van der Waals surface area contributed by atoms with E-state index in [1.807, 2.05) is 0 Å². The van der Waals surface area contributed by atoms with Gasteiger partial charge in [0.2, 0.25) is 0 Å². The summed E-state index contributed by atoms with van der Waals surface area (Å²) in [6, 6.07) is 63.4. The Kier molecular flexibility index (Phi) is 25.6. The molecule has 0 radical (unpaired) electrons. The minimum atomic E-state index is 0. The Balaban J connectivity index is 0.000000280. The first-order chi connectivity index (χ1) is 36.3. The predicted octanol–water partition coefficient (Wildman–Crippen LogP) is -2.18. The van der Waals surface area contributed by atoms with Gasteiger partial charge in [0.1, 0.15) is 157 Å². The van der Waals surface area contributed by atoms with E-state index in [0.717, 1.165) is 88.2 Å². The van der Waals surface area contributed by atoms with Crippen LogP contribution in [0.3, 0.4) is 0 Å². The van der Waals surface area contributed by atoms with E-state index in [-0.39, 0.29) is 95.9 Å². The van der Waals surface area contributed by atoms with Gasteiger partial charge in [-0.15, -0.1) is 0 Å². The minimum absolute atomic E-state index is 0. The summed E-state index contributed by atoms with van der Waals surface area (Å²) in [6.45, 7) is 29.2. The smallest absolute Gasteiger partial charge is 0.129 e. The zero-order valence-corrected chi connectivity index (χ0v) is 58.9. The molecular formula is C68H100I4N8+4.